The highest BCUT2D eigenvalue weighted by Gasteiger charge is 2.31. The first kappa shape index (κ1) is 21.9. The summed E-state index contributed by atoms with van der Waals surface area (Å²) in [4.78, 5) is 36.9. The maximum atomic E-state index is 12.2. The van der Waals surface area contributed by atoms with E-state index in [1.807, 2.05) is 13.8 Å². The molecule has 3 N–H and O–H groups in total. The molecular formula is C20H29N7O2S. The molecule has 0 spiro atoms. The van der Waals surface area contributed by atoms with Gasteiger partial charge in [-0.1, -0.05) is 0 Å². The van der Waals surface area contributed by atoms with Crippen LogP contribution in [0, 0.1) is 19.8 Å². The number of rotatable bonds is 6. The third kappa shape index (κ3) is 4.53. The maximum absolute atomic E-state index is 12.2. The number of piperidine rings is 1. The minimum Gasteiger partial charge on any atom is -0.364 e. The van der Waals surface area contributed by atoms with E-state index in [9.17, 15) is 9.59 Å². The molecule has 10 heteroatoms. The van der Waals surface area contributed by atoms with Gasteiger partial charge in [-0.2, -0.15) is 4.37 Å². The Balaban J connectivity index is 1.89. The lowest BCUT2D eigenvalue weighted by atomic mass is 9.87. The third-order valence-electron chi connectivity index (χ3n) is 5.76. The number of primary amides is 1. The Hall–Kier alpha value is -2.75. The number of aryl methyl sites for hydroxylation is 1. The van der Waals surface area contributed by atoms with E-state index in [1.165, 1.54) is 11.5 Å². The summed E-state index contributed by atoms with van der Waals surface area (Å²) in [6.07, 6.45) is 4.05. The Kier molecular flexibility index (Phi) is 6.55. The Labute approximate surface area is 180 Å². The number of nitrogens with zero attached hydrogens (tertiary/aromatic N) is 5. The average Bonchev–Trinajstić information content (AvgIpc) is 3.01. The van der Waals surface area contributed by atoms with Crippen LogP contribution in [0.5, 0.6) is 0 Å². The van der Waals surface area contributed by atoms with Gasteiger partial charge in [-0.25, -0.2) is 9.97 Å². The van der Waals surface area contributed by atoms with Crippen molar-refractivity contribution in [2.24, 2.45) is 11.7 Å². The predicted octanol–water partition coefficient (Wildman–Crippen LogP) is 2.48. The molecule has 2 amide bonds. The number of anilines is 3. The molecule has 0 bridgehead atoms. The molecule has 162 valence electrons. The Morgan fingerprint density at radius 1 is 1.37 bits per heavy atom. The average molecular weight is 432 g/mol. The highest BCUT2D eigenvalue weighted by atomic mass is 32.1. The van der Waals surface area contributed by atoms with Gasteiger partial charge in [-0.05, 0) is 51.1 Å². The molecule has 1 fully saturated rings. The predicted molar refractivity (Wildman–Crippen MR) is 118 cm³/mol. The van der Waals surface area contributed by atoms with Crippen LogP contribution in [0.2, 0.25) is 0 Å². The van der Waals surface area contributed by atoms with E-state index in [2.05, 4.69) is 26.5 Å². The van der Waals surface area contributed by atoms with Crippen LogP contribution in [-0.2, 0) is 4.79 Å². The van der Waals surface area contributed by atoms with Gasteiger partial charge in [0.15, 0.2) is 11.5 Å². The monoisotopic (exact) mass is 431 g/mol. The van der Waals surface area contributed by atoms with Crippen molar-refractivity contribution in [1.82, 2.24) is 19.2 Å². The van der Waals surface area contributed by atoms with Gasteiger partial charge in [0.2, 0.25) is 5.91 Å². The van der Waals surface area contributed by atoms with E-state index in [-0.39, 0.29) is 23.6 Å². The van der Waals surface area contributed by atoms with Gasteiger partial charge in [0.25, 0.3) is 5.91 Å². The lowest BCUT2D eigenvalue weighted by Gasteiger charge is -2.40. The number of nitrogens with one attached hydrogen (secondary N) is 1. The molecule has 2 aromatic rings. The number of hydrogen-bond donors (Lipinski definition) is 2. The van der Waals surface area contributed by atoms with Gasteiger partial charge in [-0.3, -0.25) is 9.59 Å². The highest BCUT2D eigenvalue weighted by molar-refractivity contribution is 7.10. The molecule has 1 aliphatic heterocycles. The topological polar surface area (TPSA) is 117 Å². The summed E-state index contributed by atoms with van der Waals surface area (Å²) in [5, 5.41) is 4.00. The van der Waals surface area contributed by atoms with Crippen molar-refractivity contribution in [3.63, 3.8) is 0 Å². The van der Waals surface area contributed by atoms with Crippen LogP contribution in [0.4, 0.5) is 16.6 Å². The molecule has 0 aliphatic carbocycles. The first-order chi connectivity index (χ1) is 14.2. The van der Waals surface area contributed by atoms with Crippen molar-refractivity contribution in [3.05, 3.63) is 23.1 Å². The van der Waals surface area contributed by atoms with Crippen LogP contribution in [0.3, 0.4) is 0 Å². The first-order valence-electron chi connectivity index (χ1n) is 10.0. The van der Waals surface area contributed by atoms with Crippen LogP contribution < -0.4 is 16.0 Å². The molecule has 2 aromatic heterocycles. The second kappa shape index (κ2) is 8.95. The van der Waals surface area contributed by atoms with E-state index < -0.39 is 5.91 Å². The zero-order valence-corrected chi connectivity index (χ0v) is 18.9. The quantitative estimate of drug-likeness (QED) is 0.721. The Morgan fingerprint density at radius 2 is 2.10 bits per heavy atom. The van der Waals surface area contributed by atoms with Gasteiger partial charge >= 0.3 is 0 Å². The van der Waals surface area contributed by atoms with E-state index >= 15 is 0 Å². The van der Waals surface area contributed by atoms with E-state index in [1.54, 1.807) is 25.2 Å². The summed E-state index contributed by atoms with van der Waals surface area (Å²) in [5.41, 5.74) is 7.53. The Morgan fingerprint density at radius 3 is 2.70 bits per heavy atom. The second-order valence-electron chi connectivity index (χ2n) is 7.97. The molecule has 0 aromatic carbocycles. The molecule has 3 rings (SSSR count). The number of amides is 2. The van der Waals surface area contributed by atoms with E-state index in [0.717, 1.165) is 35.6 Å². The molecule has 0 radical (unpaired) electrons. The minimum absolute atomic E-state index is 0.0909. The summed E-state index contributed by atoms with van der Waals surface area (Å²) in [5.74, 6) is 0.703. The second-order valence-corrected chi connectivity index (χ2v) is 8.74. The Bertz CT molecular complexity index is 943. The van der Waals surface area contributed by atoms with Crippen molar-refractivity contribution in [3.8, 4) is 0 Å². The molecule has 30 heavy (non-hydrogen) atoms. The van der Waals surface area contributed by atoms with Crippen LogP contribution in [0.1, 0.15) is 47.9 Å². The summed E-state index contributed by atoms with van der Waals surface area (Å²) < 4.78 is 4.33. The lowest BCUT2D eigenvalue weighted by Crippen LogP contribution is -2.45. The maximum Gasteiger partial charge on any atom is 0.271 e. The number of carbonyl (C=O) groups excluding carboxylic acids is 2. The fourth-order valence-electron chi connectivity index (χ4n) is 3.65. The van der Waals surface area contributed by atoms with E-state index in [4.69, 9.17) is 10.7 Å². The van der Waals surface area contributed by atoms with Gasteiger partial charge in [0, 0.05) is 38.7 Å². The van der Waals surface area contributed by atoms with Gasteiger partial charge in [-0.15, -0.1) is 0 Å². The van der Waals surface area contributed by atoms with Crippen molar-refractivity contribution >= 4 is 40.0 Å². The molecule has 9 nitrogen and oxygen atoms in total. The van der Waals surface area contributed by atoms with Crippen LogP contribution in [0.15, 0.2) is 6.20 Å². The summed E-state index contributed by atoms with van der Waals surface area (Å²) in [7, 11) is 3.56. The normalized spacial score (nSPS) is 18.9. The van der Waals surface area contributed by atoms with Crippen molar-refractivity contribution in [2.75, 3.05) is 30.9 Å². The fourth-order valence-corrected chi connectivity index (χ4v) is 4.44. The SMILES string of the molecule is Cc1nsc(Nc2nc(N3CCC[C@@H](CC(=O)N(C)C)[C@H]3C)cnc2C(N)=O)c1C. The lowest BCUT2D eigenvalue weighted by molar-refractivity contribution is -0.130. The smallest absolute Gasteiger partial charge is 0.271 e. The molecule has 1 saturated heterocycles. The number of hydrogen-bond acceptors (Lipinski definition) is 8. The summed E-state index contributed by atoms with van der Waals surface area (Å²) >= 11 is 1.31. The molecule has 0 saturated carbocycles. The molecular weight excluding hydrogens is 402 g/mol. The number of aromatic nitrogens is 3. The minimum atomic E-state index is -0.642. The van der Waals surface area contributed by atoms with Gasteiger partial charge < -0.3 is 20.9 Å². The van der Waals surface area contributed by atoms with Gasteiger partial charge in [0.1, 0.15) is 10.8 Å². The van der Waals surface area contributed by atoms with Crippen LogP contribution >= 0.6 is 11.5 Å². The molecule has 3 heterocycles. The van der Waals surface area contributed by atoms with Gasteiger partial charge in [0.05, 0.1) is 11.9 Å². The van der Waals surface area contributed by atoms with Crippen LogP contribution in [0.25, 0.3) is 0 Å². The number of carbonyl (C=O) groups is 2. The number of nitrogens with two attached hydrogens (primary N) is 1. The standard InChI is InChI=1S/C20H29N7O2S/c1-11-12(2)25-30-20(11)24-19-17(18(21)29)22-10-15(23-19)27-8-6-7-14(13(27)3)9-16(28)26(4)5/h10,13-14H,6-9H2,1-5H3,(H2,21,29)(H,23,24)/t13-,14+/m1/s1. The zero-order chi connectivity index (χ0) is 22.0. The van der Waals surface area contributed by atoms with Crippen molar-refractivity contribution in [1.29, 1.82) is 0 Å². The van der Waals surface area contributed by atoms with Crippen molar-refractivity contribution in [2.45, 2.75) is 46.1 Å². The fraction of sp³-hybridized carbons (Fsp3) is 0.550. The van der Waals surface area contributed by atoms with Crippen LogP contribution in [-0.4, -0.2) is 57.7 Å². The highest BCUT2D eigenvalue weighted by Crippen LogP contribution is 2.32. The zero-order valence-electron chi connectivity index (χ0n) is 18.1. The molecule has 2 atom stereocenters. The molecule has 0 unspecified atom stereocenters. The van der Waals surface area contributed by atoms with E-state index in [0.29, 0.717) is 18.1 Å². The van der Waals surface area contributed by atoms with Crippen molar-refractivity contribution < 1.29 is 9.59 Å². The molecule has 1 aliphatic rings. The summed E-state index contributed by atoms with van der Waals surface area (Å²) in [6.45, 7) is 6.82. The third-order valence-corrected chi connectivity index (χ3v) is 6.72. The summed E-state index contributed by atoms with van der Waals surface area (Å²) in [6, 6.07) is 0.122. The largest absolute Gasteiger partial charge is 0.364 e. The first-order valence-corrected chi connectivity index (χ1v) is 10.8.